The highest BCUT2D eigenvalue weighted by Gasteiger charge is 2.33. The fourth-order valence-corrected chi connectivity index (χ4v) is 3.79. The van der Waals surface area contributed by atoms with E-state index >= 15 is 0 Å². The van der Waals surface area contributed by atoms with Crippen molar-refractivity contribution >= 4 is 17.7 Å². The highest BCUT2D eigenvalue weighted by molar-refractivity contribution is 5.90. The lowest BCUT2D eigenvalue weighted by atomic mass is 10.0. The van der Waals surface area contributed by atoms with Crippen molar-refractivity contribution in [1.82, 2.24) is 15.1 Å². The van der Waals surface area contributed by atoms with Crippen molar-refractivity contribution in [3.05, 3.63) is 35.5 Å². The van der Waals surface area contributed by atoms with Crippen LogP contribution in [0.2, 0.25) is 0 Å². The van der Waals surface area contributed by atoms with Crippen LogP contribution in [-0.2, 0) is 28.9 Å². The minimum Gasteiger partial charge on any atom is -0.442 e. The first-order valence-corrected chi connectivity index (χ1v) is 9.47. The summed E-state index contributed by atoms with van der Waals surface area (Å²) in [6, 6.07) is 6.11. The molecule has 0 unspecified atom stereocenters. The van der Waals surface area contributed by atoms with Crippen LogP contribution in [-0.4, -0.2) is 41.0 Å². The summed E-state index contributed by atoms with van der Waals surface area (Å²) in [5.41, 5.74) is 5.55. The van der Waals surface area contributed by atoms with Gasteiger partial charge in [-0.25, -0.2) is 4.79 Å². The smallest absolute Gasteiger partial charge is 0.414 e. The lowest BCUT2D eigenvalue weighted by molar-refractivity contribution is -0.119. The molecule has 1 aromatic carbocycles. The maximum Gasteiger partial charge on any atom is 0.414 e. The molecule has 2 aromatic rings. The molecule has 1 saturated heterocycles. The molecule has 142 valence electrons. The number of nitrogens with zero attached hydrogens (tertiary/aromatic N) is 3. The normalized spacial score (nSPS) is 18.5. The number of benzene rings is 1. The lowest BCUT2D eigenvalue weighted by Gasteiger charge is -2.16. The molecule has 0 saturated carbocycles. The molecule has 27 heavy (non-hydrogen) atoms. The number of carbonyl (C=O) groups is 2. The van der Waals surface area contributed by atoms with Gasteiger partial charge >= 0.3 is 6.09 Å². The Hall–Kier alpha value is -2.83. The van der Waals surface area contributed by atoms with Crippen molar-refractivity contribution < 1.29 is 14.3 Å². The number of carbonyl (C=O) groups excluding carboxylic acids is 2. The van der Waals surface area contributed by atoms with E-state index in [0.29, 0.717) is 13.1 Å². The number of aryl methyl sites for hydroxylation is 3. The zero-order valence-corrected chi connectivity index (χ0v) is 15.7. The minimum atomic E-state index is -0.366. The van der Waals surface area contributed by atoms with E-state index in [4.69, 9.17) is 9.84 Å². The van der Waals surface area contributed by atoms with Crippen molar-refractivity contribution in [2.45, 2.75) is 45.8 Å². The molecule has 4 rings (SSSR count). The van der Waals surface area contributed by atoms with Gasteiger partial charge in [-0.2, -0.15) is 5.10 Å². The third-order valence-corrected chi connectivity index (χ3v) is 5.16. The summed E-state index contributed by atoms with van der Waals surface area (Å²) in [6.45, 7) is 5.17. The first kappa shape index (κ1) is 17.6. The van der Waals surface area contributed by atoms with E-state index in [0.717, 1.165) is 42.8 Å². The Labute approximate surface area is 158 Å². The number of hydrogen-bond acceptors (Lipinski definition) is 4. The third-order valence-electron chi connectivity index (χ3n) is 5.16. The van der Waals surface area contributed by atoms with E-state index in [9.17, 15) is 9.59 Å². The molecular weight excluding hydrogens is 344 g/mol. The number of ether oxygens (including phenoxy) is 1. The van der Waals surface area contributed by atoms with Crippen molar-refractivity contribution in [2.24, 2.45) is 0 Å². The van der Waals surface area contributed by atoms with Crippen LogP contribution in [0, 0.1) is 0 Å². The van der Waals surface area contributed by atoms with Crippen molar-refractivity contribution in [1.29, 1.82) is 0 Å². The molecule has 2 heterocycles. The van der Waals surface area contributed by atoms with Gasteiger partial charge in [0, 0.05) is 30.9 Å². The Morgan fingerprint density at radius 2 is 2.15 bits per heavy atom. The average molecular weight is 368 g/mol. The summed E-state index contributed by atoms with van der Waals surface area (Å²) in [5, 5.41) is 7.44. The monoisotopic (exact) mass is 368 g/mol. The van der Waals surface area contributed by atoms with Crippen LogP contribution in [0.4, 0.5) is 10.5 Å². The van der Waals surface area contributed by atoms with Gasteiger partial charge in [-0.15, -0.1) is 0 Å². The first-order chi connectivity index (χ1) is 13.0. The van der Waals surface area contributed by atoms with Gasteiger partial charge in [0.25, 0.3) is 0 Å². The molecule has 1 aliphatic heterocycles. The molecule has 7 nitrogen and oxygen atoms in total. The van der Waals surface area contributed by atoms with Gasteiger partial charge in [0.15, 0.2) is 0 Å². The number of fused-ring (bicyclic) bond motifs is 3. The number of rotatable bonds is 4. The van der Waals surface area contributed by atoms with Gasteiger partial charge in [-0.05, 0) is 49.4 Å². The third kappa shape index (κ3) is 3.41. The minimum absolute atomic E-state index is 0.128. The summed E-state index contributed by atoms with van der Waals surface area (Å²) < 4.78 is 7.36. The standard InChI is InChI=1S/C20H24N4O3/c1-3-23-11-15-6-4-5-14-9-16(7-8-18(14)19(15)22-23)24-12-17(27-20(24)26)10-21-13(2)25/h7-9,11,17H,3-6,10,12H2,1-2H3,(H,21,25)/t17-/m0/s1. The van der Waals surface area contributed by atoms with Crippen LogP contribution in [0.25, 0.3) is 11.3 Å². The number of hydrogen-bond donors (Lipinski definition) is 1. The van der Waals surface area contributed by atoms with Crippen LogP contribution in [0.5, 0.6) is 0 Å². The molecule has 1 N–H and O–H groups in total. The SMILES string of the molecule is CCn1cc2c(n1)-c1ccc(N3C[C@H](CNC(C)=O)OC3=O)cc1CCC2. The molecule has 1 aliphatic carbocycles. The van der Waals surface area contributed by atoms with Gasteiger partial charge in [0.05, 0.1) is 18.8 Å². The molecule has 0 radical (unpaired) electrons. The van der Waals surface area contributed by atoms with E-state index in [2.05, 4.69) is 30.6 Å². The van der Waals surface area contributed by atoms with Gasteiger partial charge in [-0.3, -0.25) is 14.4 Å². The van der Waals surface area contributed by atoms with E-state index in [1.165, 1.54) is 18.1 Å². The largest absolute Gasteiger partial charge is 0.442 e. The van der Waals surface area contributed by atoms with Crippen molar-refractivity contribution in [3.63, 3.8) is 0 Å². The maximum atomic E-state index is 12.3. The van der Waals surface area contributed by atoms with Gasteiger partial charge < -0.3 is 10.1 Å². The molecule has 2 amide bonds. The second kappa shape index (κ2) is 7.06. The van der Waals surface area contributed by atoms with Crippen molar-refractivity contribution in [3.8, 4) is 11.3 Å². The Kier molecular flexibility index (Phi) is 4.59. The molecule has 1 fully saturated rings. The predicted molar refractivity (Wildman–Crippen MR) is 102 cm³/mol. The number of nitrogens with one attached hydrogen (secondary N) is 1. The number of cyclic esters (lactones) is 1. The first-order valence-electron chi connectivity index (χ1n) is 9.47. The molecule has 7 heteroatoms. The van der Waals surface area contributed by atoms with Crippen LogP contribution in [0.3, 0.4) is 0 Å². The van der Waals surface area contributed by atoms with E-state index < -0.39 is 0 Å². The predicted octanol–water partition coefficient (Wildman–Crippen LogP) is 2.52. The molecule has 0 spiro atoms. The summed E-state index contributed by atoms with van der Waals surface area (Å²) >= 11 is 0. The highest BCUT2D eigenvalue weighted by atomic mass is 16.6. The zero-order chi connectivity index (χ0) is 19.0. The average Bonchev–Trinajstić information content (AvgIpc) is 3.19. The molecule has 1 aromatic heterocycles. The summed E-state index contributed by atoms with van der Waals surface area (Å²) in [6.07, 6.45) is 4.49. The number of anilines is 1. The Bertz CT molecular complexity index is 889. The van der Waals surface area contributed by atoms with Crippen molar-refractivity contribution in [2.75, 3.05) is 18.0 Å². The molecule has 0 bridgehead atoms. The van der Waals surface area contributed by atoms with Gasteiger partial charge in [0.2, 0.25) is 5.91 Å². The molecular formula is C20H24N4O3. The summed E-state index contributed by atoms with van der Waals surface area (Å²) in [4.78, 5) is 25.0. The fourth-order valence-electron chi connectivity index (χ4n) is 3.79. The maximum absolute atomic E-state index is 12.3. The van der Waals surface area contributed by atoms with Gasteiger partial charge in [0.1, 0.15) is 6.10 Å². The lowest BCUT2D eigenvalue weighted by Crippen LogP contribution is -2.33. The zero-order valence-electron chi connectivity index (χ0n) is 15.7. The van der Waals surface area contributed by atoms with E-state index in [1.807, 2.05) is 10.7 Å². The number of amides is 2. The summed E-state index contributed by atoms with van der Waals surface area (Å²) in [5.74, 6) is -0.128. The summed E-state index contributed by atoms with van der Waals surface area (Å²) in [7, 11) is 0. The van der Waals surface area contributed by atoms with Gasteiger partial charge in [-0.1, -0.05) is 6.07 Å². The fraction of sp³-hybridized carbons (Fsp3) is 0.450. The second-order valence-electron chi connectivity index (χ2n) is 7.11. The quantitative estimate of drug-likeness (QED) is 0.900. The van der Waals surface area contributed by atoms with Crippen LogP contribution in [0.1, 0.15) is 31.4 Å². The molecule has 1 atom stereocenters. The van der Waals surface area contributed by atoms with E-state index in [-0.39, 0.29) is 18.1 Å². The molecule has 2 aliphatic rings. The Morgan fingerprint density at radius 1 is 1.33 bits per heavy atom. The van der Waals surface area contributed by atoms with Crippen LogP contribution in [0.15, 0.2) is 24.4 Å². The Morgan fingerprint density at radius 3 is 2.93 bits per heavy atom. The van der Waals surface area contributed by atoms with Crippen LogP contribution >= 0.6 is 0 Å². The van der Waals surface area contributed by atoms with E-state index in [1.54, 1.807) is 4.90 Å². The second-order valence-corrected chi connectivity index (χ2v) is 7.11. The topological polar surface area (TPSA) is 76.5 Å². The van der Waals surface area contributed by atoms with Crippen LogP contribution < -0.4 is 10.2 Å². The number of aromatic nitrogens is 2. The highest BCUT2D eigenvalue weighted by Crippen LogP contribution is 2.34. The Balaban J connectivity index is 1.59.